The van der Waals surface area contributed by atoms with Gasteiger partial charge >= 0.3 is 18.4 Å². The molecule has 1 saturated heterocycles. The number of alkyl halides is 6. The molecule has 0 bridgehead atoms. The second-order valence-corrected chi connectivity index (χ2v) is 10.6. The van der Waals surface area contributed by atoms with Crippen molar-refractivity contribution >= 4 is 6.09 Å². The highest BCUT2D eigenvalue weighted by atomic mass is 19.4. The fourth-order valence-electron chi connectivity index (χ4n) is 4.70. The maximum atomic E-state index is 13.7. The first kappa shape index (κ1) is 30.7. The number of carbonyl (C=O) groups is 1. The number of hydrogen-bond donors (Lipinski definition) is 1. The fourth-order valence-corrected chi connectivity index (χ4v) is 4.70. The van der Waals surface area contributed by atoms with Gasteiger partial charge in [0.05, 0.1) is 42.0 Å². The number of halogens is 7. The molecule has 1 amide bonds. The third-order valence-electron chi connectivity index (χ3n) is 6.34. The number of ether oxygens (including phenoxy) is 2. The van der Waals surface area contributed by atoms with Gasteiger partial charge in [0, 0.05) is 5.92 Å². The smallest absolute Gasteiger partial charge is 0.416 e. The predicted molar refractivity (Wildman–Crippen MR) is 127 cm³/mol. The maximum Gasteiger partial charge on any atom is 0.416 e. The Bertz CT molecular complexity index is 1120. The molecule has 2 aromatic rings. The Labute approximate surface area is 221 Å². The lowest BCUT2D eigenvalue weighted by Gasteiger charge is -2.32. The Balaban J connectivity index is 2.04. The average molecular weight is 566 g/mol. The van der Waals surface area contributed by atoms with Gasteiger partial charge in [-0.2, -0.15) is 26.3 Å². The first-order valence-corrected chi connectivity index (χ1v) is 12.2. The summed E-state index contributed by atoms with van der Waals surface area (Å²) in [6.45, 7) is 7.44. The molecular weight excluding hydrogens is 535 g/mol. The fraction of sp³-hybridized carbons (Fsp3) is 0.519. The summed E-state index contributed by atoms with van der Waals surface area (Å²) < 4.78 is 106. The van der Waals surface area contributed by atoms with E-state index in [0.29, 0.717) is 17.7 Å². The third-order valence-corrected chi connectivity index (χ3v) is 6.34. The van der Waals surface area contributed by atoms with Crippen LogP contribution in [0.25, 0.3) is 0 Å². The van der Waals surface area contributed by atoms with Gasteiger partial charge in [0.25, 0.3) is 0 Å². The van der Waals surface area contributed by atoms with Crippen LogP contribution in [0.3, 0.4) is 0 Å². The highest BCUT2D eigenvalue weighted by Gasteiger charge is 2.49. The van der Waals surface area contributed by atoms with Crippen molar-refractivity contribution in [3.05, 3.63) is 70.5 Å². The lowest BCUT2D eigenvalue weighted by Crippen LogP contribution is -2.46. The van der Waals surface area contributed by atoms with Crippen molar-refractivity contribution in [3.8, 4) is 0 Å². The van der Waals surface area contributed by atoms with Crippen LogP contribution in [-0.4, -0.2) is 46.5 Å². The summed E-state index contributed by atoms with van der Waals surface area (Å²) in [7, 11) is 0. The van der Waals surface area contributed by atoms with Gasteiger partial charge in [-0.1, -0.05) is 12.1 Å². The minimum absolute atomic E-state index is 0.0286. The zero-order chi connectivity index (χ0) is 29.5. The van der Waals surface area contributed by atoms with E-state index in [1.165, 1.54) is 30.9 Å². The molecule has 5 atom stereocenters. The molecule has 39 heavy (non-hydrogen) atoms. The predicted octanol–water partition coefficient (Wildman–Crippen LogP) is 7.09. The van der Waals surface area contributed by atoms with Crippen LogP contribution in [0.15, 0.2) is 42.5 Å². The molecular formula is C27H30F7NO4. The van der Waals surface area contributed by atoms with Gasteiger partial charge in [0.15, 0.2) is 0 Å². The number of nitrogens with zero attached hydrogens (tertiary/aromatic N) is 1. The first-order valence-electron chi connectivity index (χ1n) is 12.2. The van der Waals surface area contributed by atoms with Crippen molar-refractivity contribution in [1.29, 1.82) is 0 Å². The number of benzene rings is 2. The van der Waals surface area contributed by atoms with Crippen LogP contribution >= 0.6 is 0 Å². The topological polar surface area (TPSA) is 59.0 Å². The zero-order valence-corrected chi connectivity index (χ0v) is 21.9. The molecule has 1 heterocycles. The molecule has 5 nitrogen and oxygen atoms in total. The molecule has 0 aromatic heterocycles. The number of likely N-dealkylation sites (tertiary alicyclic amines) is 1. The van der Waals surface area contributed by atoms with E-state index in [-0.39, 0.29) is 18.2 Å². The third kappa shape index (κ3) is 7.42. The molecule has 0 saturated carbocycles. The number of aliphatic hydroxyl groups is 1. The Hall–Kier alpha value is -2.86. The van der Waals surface area contributed by atoms with Crippen molar-refractivity contribution in [2.45, 2.75) is 82.8 Å². The highest BCUT2D eigenvalue weighted by Crippen LogP contribution is 2.42. The SMILES string of the molecule is CC(O)[C@H]1[C@H](c2ccc(F)cc2)[C@@H](O[C@H](C)c2cc(C(F)(F)F)cc(C(F)(F)F)c2)CN1C(=O)OC(C)(C)C. The lowest BCUT2D eigenvalue weighted by atomic mass is 9.87. The maximum absolute atomic E-state index is 13.7. The summed E-state index contributed by atoms with van der Waals surface area (Å²) in [5.74, 6) is -1.36. The van der Waals surface area contributed by atoms with E-state index in [4.69, 9.17) is 9.47 Å². The van der Waals surface area contributed by atoms with E-state index < -0.39 is 71.3 Å². The van der Waals surface area contributed by atoms with Crippen LogP contribution < -0.4 is 0 Å². The molecule has 1 N–H and O–H groups in total. The molecule has 12 heteroatoms. The molecule has 3 rings (SSSR count). The van der Waals surface area contributed by atoms with Gasteiger partial charge in [-0.05, 0) is 76.1 Å². The van der Waals surface area contributed by atoms with Crippen LogP contribution in [0.4, 0.5) is 35.5 Å². The average Bonchev–Trinajstić information content (AvgIpc) is 3.16. The minimum Gasteiger partial charge on any atom is -0.444 e. The molecule has 1 aliphatic heterocycles. The Morgan fingerprint density at radius 1 is 0.949 bits per heavy atom. The number of amides is 1. The van der Waals surface area contributed by atoms with Crippen molar-refractivity contribution in [1.82, 2.24) is 4.90 Å². The monoisotopic (exact) mass is 565 g/mol. The quantitative estimate of drug-likeness (QED) is 0.393. The van der Waals surface area contributed by atoms with E-state index in [1.807, 2.05) is 0 Å². The Morgan fingerprint density at radius 3 is 1.90 bits per heavy atom. The molecule has 2 aromatic carbocycles. The van der Waals surface area contributed by atoms with Crippen molar-refractivity contribution in [2.24, 2.45) is 0 Å². The van der Waals surface area contributed by atoms with Gasteiger partial charge in [0.1, 0.15) is 11.4 Å². The normalized spacial score (nSPS) is 22.1. The number of carbonyl (C=O) groups excluding carboxylic acids is 1. The summed E-state index contributed by atoms with van der Waals surface area (Å²) in [5, 5.41) is 10.6. The van der Waals surface area contributed by atoms with Gasteiger partial charge in [-0.3, -0.25) is 4.90 Å². The second-order valence-electron chi connectivity index (χ2n) is 10.6. The first-order chi connectivity index (χ1) is 17.8. The van der Waals surface area contributed by atoms with E-state index in [9.17, 15) is 40.6 Å². The summed E-state index contributed by atoms with van der Waals surface area (Å²) in [4.78, 5) is 14.3. The Kier molecular flexibility index (Phi) is 8.62. The van der Waals surface area contributed by atoms with Gasteiger partial charge < -0.3 is 14.6 Å². The minimum atomic E-state index is -5.04. The zero-order valence-electron chi connectivity index (χ0n) is 21.9. The van der Waals surface area contributed by atoms with Crippen molar-refractivity contribution in [3.63, 3.8) is 0 Å². The molecule has 216 valence electrons. The van der Waals surface area contributed by atoms with Crippen molar-refractivity contribution < 1.29 is 50.1 Å². The Morgan fingerprint density at radius 2 is 1.46 bits per heavy atom. The second kappa shape index (κ2) is 11.0. The van der Waals surface area contributed by atoms with E-state index in [0.717, 1.165) is 12.1 Å². The lowest BCUT2D eigenvalue weighted by molar-refractivity contribution is -0.143. The molecule has 1 aliphatic rings. The van der Waals surface area contributed by atoms with Crippen LogP contribution in [0, 0.1) is 5.82 Å². The van der Waals surface area contributed by atoms with Gasteiger partial charge in [0.2, 0.25) is 0 Å². The van der Waals surface area contributed by atoms with Crippen LogP contribution in [0.1, 0.15) is 68.9 Å². The molecule has 0 radical (unpaired) electrons. The molecule has 1 unspecified atom stereocenters. The van der Waals surface area contributed by atoms with Gasteiger partial charge in [-0.25, -0.2) is 9.18 Å². The largest absolute Gasteiger partial charge is 0.444 e. The van der Waals surface area contributed by atoms with E-state index in [1.54, 1.807) is 20.8 Å². The summed E-state index contributed by atoms with van der Waals surface area (Å²) in [6, 6.07) is 5.40. The highest BCUT2D eigenvalue weighted by molar-refractivity contribution is 5.69. The summed E-state index contributed by atoms with van der Waals surface area (Å²) in [5.41, 5.74) is -3.79. The van der Waals surface area contributed by atoms with E-state index >= 15 is 0 Å². The standard InChI is InChI=1S/C27H30F7NO4/c1-14(36)23-22(16-6-8-20(28)9-7-16)21(13-35(23)24(37)39-25(3,4)5)38-15(2)17-10-18(26(29,30)31)12-19(11-17)27(32,33)34/h6-12,14-15,21-23,36H,13H2,1-5H3/t14?,15-,21+,22-,23+/m1/s1. The number of aliphatic hydroxyl groups excluding tert-OH is 1. The summed E-state index contributed by atoms with van der Waals surface area (Å²) >= 11 is 0. The molecule has 0 aliphatic carbocycles. The van der Waals surface area contributed by atoms with Gasteiger partial charge in [-0.15, -0.1) is 0 Å². The molecule has 0 spiro atoms. The van der Waals surface area contributed by atoms with E-state index in [2.05, 4.69) is 0 Å². The van der Waals surface area contributed by atoms with Crippen molar-refractivity contribution in [2.75, 3.05) is 6.54 Å². The van der Waals surface area contributed by atoms with Crippen LogP contribution in [-0.2, 0) is 21.8 Å². The number of rotatable bonds is 5. The number of hydrogen-bond acceptors (Lipinski definition) is 4. The van der Waals surface area contributed by atoms with Crippen LogP contribution in [0.2, 0.25) is 0 Å². The summed E-state index contributed by atoms with van der Waals surface area (Å²) in [6.07, 6.45) is -14.3. The molecule has 1 fully saturated rings. The van der Waals surface area contributed by atoms with Crippen LogP contribution in [0.5, 0.6) is 0 Å².